The average Bonchev–Trinajstić information content (AvgIpc) is 2.40. The summed E-state index contributed by atoms with van der Waals surface area (Å²) in [5.41, 5.74) is 3.48. The number of nitrogens with one attached hydrogen (secondary N) is 1. The molecule has 1 N–H and O–H groups in total. The third-order valence-corrected chi connectivity index (χ3v) is 2.87. The van der Waals surface area contributed by atoms with E-state index in [-0.39, 0.29) is 5.91 Å². The largest absolute Gasteiger partial charge is 0.322 e. The summed E-state index contributed by atoms with van der Waals surface area (Å²) >= 11 is 0. The van der Waals surface area contributed by atoms with Crippen molar-refractivity contribution in [3.05, 3.63) is 59.4 Å². The maximum absolute atomic E-state index is 12.0. The molecule has 0 bridgehead atoms. The third-order valence-electron chi connectivity index (χ3n) is 2.87. The van der Waals surface area contributed by atoms with Crippen molar-refractivity contribution in [2.24, 2.45) is 0 Å². The van der Waals surface area contributed by atoms with Gasteiger partial charge in [0.1, 0.15) is 0 Å². The van der Waals surface area contributed by atoms with Crippen molar-refractivity contribution < 1.29 is 4.79 Å². The van der Waals surface area contributed by atoms with E-state index in [2.05, 4.69) is 17.2 Å². The number of aromatic nitrogens is 1. The molecule has 3 nitrogen and oxygen atoms in total. The van der Waals surface area contributed by atoms with Crippen LogP contribution in [0.4, 0.5) is 5.69 Å². The fraction of sp³-hybridized carbons (Fsp3) is 0.200. The highest BCUT2D eigenvalue weighted by atomic mass is 16.1. The van der Waals surface area contributed by atoms with Gasteiger partial charge in [-0.1, -0.05) is 25.1 Å². The van der Waals surface area contributed by atoms with Crippen LogP contribution < -0.4 is 5.32 Å². The Morgan fingerprint density at radius 2 is 2.00 bits per heavy atom. The van der Waals surface area contributed by atoms with Crippen molar-refractivity contribution in [2.75, 3.05) is 5.32 Å². The van der Waals surface area contributed by atoms with Gasteiger partial charge >= 0.3 is 0 Å². The minimum Gasteiger partial charge on any atom is -0.322 e. The van der Waals surface area contributed by atoms with Gasteiger partial charge < -0.3 is 5.32 Å². The van der Waals surface area contributed by atoms with Gasteiger partial charge in [-0.25, -0.2) is 0 Å². The van der Waals surface area contributed by atoms with E-state index in [0.29, 0.717) is 5.56 Å². The van der Waals surface area contributed by atoms with Gasteiger partial charge in [0.25, 0.3) is 5.91 Å². The molecule has 2 aromatic rings. The Labute approximate surface area is 107 Å². The minimum absolute atomic E-state index is 0.122. The number of amides is 1. The first-order valence-electron chi connectivity index (χ1n) is 6.02. The van der Waals surface area contributed by atoms with E-state index in [4.69, 9.17) is 0 Å². The molecule has 0 aliphatic carbocycles. The third kappa shape index (κ3) is 2.74. The van der Waals surface area contributed by atoms with Crippen LogP contribution in [0.25, 0.3) is 0 Å². The molecule has 3 heteroatoms. The van der Waals surface area contributed by atoms with E-state index in [0.717, 1.165) is 23.4 Å². The topological polar surface area (TPSA) is 42.0 Å². The van der Waals surface area contributed by atoms with Gasteiger partial charge in [0.2, 0.25) is 0 Å². The number of pyridine rings is 1. The van der Waals surface area contributed by atoms with Crippen LogP contribution in [-0.4, -0.2) is 10.9 Å². The van der Waals surface area contributed by atoms with E-state index in [1.54, 1.807) is 6.20 Å². The first kappa shape index (κ1) is 12.3. The molecular formula is C15H16N2O. The zero-order valence-corrected chi connectivity index (χ0v) is 10.6. The van der Waals surface area contributed by atoms with E-state index >= 15 is 0 Å². The van der Waals surface area contributed by atoms with E-state index in [1.807, 2.05) is 43.3 Å². The Hall–Kier alpha value is -2.16. The lowest BCUT2D eigenvalue weighted by atomic mass is 10.1. The molecule has 2 rings (SSSR count). The highest BCUT2D eigenvalue weighted by Crippen LogP contribution is 2.12. The Bertz CT molecular complexity index is 550. The quantitative estimate of drug-likeness (QED) is 0.895. The molecule has 0 fully saturated rings. The number of hydrogen-bond acceptors (Lipinski definition) is 2. The normalized spacial score (nSPS) is 10.1. The number of rotatable bonds is 3. The predicted octanol–water partition coefficient (Wildman–Crippen LogP) is 3.20. The Morgan fingerprint density at radius 1 is 1.28 bits per heavy atom. The predicted molar refractivity (Wildman–Crippen MR) is 72.7 cm³/mol. The van der Waals surface area contributed by atoms with E-state index < -0.39 is 0 Å². The Balaban J connectivity index is 2.19. The molecule has 1 aromatic carbocycles. The molecule has 18 heavy (non-hydrogen) atoms. The summed E-state index contributed by atoms with van der Waals surface area (Å²) in [4.78, 5) is 16.3. The van der Waals surface area contributed by atoms with Crippen LogP contribution in [0.2, 0.25) is 0 Å². The van der Waals surface area contributed by atoms with E-state index in [9.17, 15) is 4.79 Å². The number of para-hydroxylation sites is 1. The maximum Gasteiger partial charge on any atom is 0.257 e. The number of hydrogen-bond donors (Lipinski definition) is 1. The molecule has 0 saturated carbocycles. The van der Waals surface area contributed by atoms with Gasteiger partial charge in [0.05, 0.1) is 5.56 Å². The summed E-state index contributed by atoms with van der Waals surface area (Å²) in [5, 5.41) is 2.85. The number of benzene rings is 1. The highest BCUT2D eigenvalue weighted by Gasteiger charge is 2.08. The first-order chi connectivity index (χ1) is 8.70. The van der Waals surface area contributed by atoms with Gasteiger partial charge in [-0.05, 0) is 37.1 Å². The smallest absolute Gasteiger partial charge is 0.257 e. The number of anilines is 1. The Kier molecular flexibility index (Phi) is 3.72. The monoisotopic (exact) mass is 240 g/mol. The molecule has 0 aliphatic rings. The van der Waals surface area contributed by atoms with Crippen LogP contribution in [0.5, 0.6) is 0 Å². The fourth-order valence-electron chi connectivity index (χ4n) is 1.79. The highest BCUT2D eigenvalue weighted by molar-refractivity contribution is 6.04. The van der Waals surface area contributed by atoms with Gasteiger partial charge in [-0.15, -0.1) is 0 Å². The molecule has 0 spiro atoms. The van der Waals surface area contributed by atoms with Gasteiger partial charge in [0, 0.05) is 17.6 Å². The zero-order valence-electron chi connectivity index (χ0n) is 10.6. The number of aryl methyl sites for hydroxylation is 2. The lowest BCUT2D eigenvalue weighted by Crippen LogP contribution is -2.13. The lowest BCUT2D eigenvalue weighted by molar-refractivity contribution is 0.102. The summed E-state index contributed by atoms with van der Waals surface area (Å²) < 4.78 is 0. The lowest BCUT2D eigenvalue weighted by Gasteiger charge is -2.07. The van der Waals surface area contributed by atoms with Crippen LogP contribution in [0.15, 0.2) is 42.6 Å². The maximum atomic E-state index is 12.0. The van der Waals surface area contributed by atoms with Crippen molar-refractivity contribution in [3.63, 3.8) is 0 Å². The SMILES string of the molecule is CCc1cc(C(=O)Nc2ccccc2)cnc1C. The van der Waals surface area contributed by atoms with Crippen LogP contribution in [0, 0.1) is 6.92 Å². The second-order valence-corrected chi connectivity index (χ2v) is 4.14. The van der Waals surface area contributed by atoms with Crippen molar-refractivity contribution in [3.8, 4) is 0 Å². The molecule has 1 aromatic heterocycles. The minimum atomic E-state index is -0.122. The standard InChI is InChI=1S/C15H16N2O/c1-3-12-9-13(10-16-11(12)2)15(18)17-14-7-5-4-6-8-14/h4-10H,3H2,1-2H3,(H,17,18). The molecule has 1 amide bonds. The van der Waals surface area contributed by atoms with Crippen LogP contribution in [0.1, 0.15) is 28.5 Å². The van der Waals surface area contributed by atoms with Gasteiger partial charge in [-0.3, -0.25) is 9.78 Å². The first-order valence-corrected chi connectivity index (χ1v) is 6.02. The molecule has 0 aliphatic heterocycles. The molecule has 92 valence electrons. The summed E-state index contributed by atoms with van der Waals surface area (Å²) in [6.45, 7) is 4.01. The molecule has 1 heterocycles. The second-order valence-electron chi connectivity index (χ2n) is 4.14. The van der Waals surface area contributed by atoms with E-state index in [1.165, 1.54) is 0 Å². The van der Waals surface area contributed by atoms with Gasteiger partial charge in [0.15, 0.2) is 0 Å². The average molecular weight is 240 g/mol. The fourth-order valence-corrected chi connectivity index (χ4v) is 1.79. The molecule has 0 atom stereocenters. The van der Waals surface area contributed by atoms with Crippen molar-refractivity contribution in [1.82, 2.24) is 4.98 Å². The molecule has 0 unspecified atom stereocenters. The van der Waals surface area contributed by atoms with Gasteiger partial charge in [-0.2, -0.15) is 0 Å². The van der Waals surface area contributed by atoms with Crippen LogP contribution >= 0.6 is 0 Å². The van der Waals surface area contributed by atoms with Crippen LogP contribution in [0.3, 0.4) is 0 Å². The molecular weight excluding hydrogens is 224 g/mol. The molecule has 0 saturated heterocycles. The molecule has 0 radical (unpaired) electrons. The van der Waals surface area contributed by atoms with Crippen LogP contribution in [-0.2, 0) is 6.42 Å². The number of carbonyl (C=O) groups excluding carboxylic acids is 1. The summed E-state index contributed by atoms with van der Waals surface area (Å²) in [5.74, 6) is -0.122. The Morgan fingerprint density at radius 3 is 2.67 bits per heavy atom. The second kappa shape index (κ2) is 5.45. The van der Waals surface area contributed by atoms with Crippen molar-refractivity contribution in [2.45, 2.75) is 20.3 Å². The summed E-state index contributed by atoms with van der Waals surface area (Å²) in [6.07, 6.45) is 2.50. The number of carbonyl (C=O) groups is 1. The number of nitrogens with zero attached hydrogens (tertiary/aromatic N) is 1. The summed E-state index contributed by atoms with van der Waals surface area (Å²) in [7, 11) is 0. The van der Waals surface area contributed by atoms with Crippen molar-refractivity contribution in [1.29, 1.82) is 0 Å². The van der Waals surface area contributed by atoms with Crippen molar-refractivity contribution >= 4 is 11.6 Å². The zero-order chi connectivity index (χ0) is 13.0. The summed E-state index contributed by atoms with van der Waals surface area (Å²) in [6, 6.07) is 11.3.